The van der Waals surface area contributed by atoms with Crippen LogP contribution in [0.15, 0.2) is 72.6 Å². The molecule has 0 fully saturated rings. The molecule has 0 atom stereocenters. The SMILES string of the molecule is COc1ccc2sc(C=C3Oc4ccc(-c5ccccc5)cc4N3CCCS(=O)(=O)O)[n+](CCCS(=O)(=O)O)c2c1. The van der Waals surface area contributed by atoms with Gasteiger partial charge in [-0.3, -0.25) is 9.11 Å². The van der Waals surface area contributed by atoms with E-state index in [0.29, 0.717) is 23.9 Å². The van der Waals surface area contributed by atoms with Crippen molar-refractivity contribution in [3.05, 3.63) is 77.6 Å². The fraction of sp³-hybridized carbons (Fsp3) is 0.250. The Kier molecular flexibility index (Phi) is 8.34. The lowest BCUT2D eigenvalue weighted by molar-refractivity contribution is -0.668. The van der Waals surface area contributed by atoms with E-state index in [9.17, 15) is 25.9 Å². The van der Waals surface area contributed by atoms with Gasteiger partial charge in [-0.25, -0.2) is 0 Å². The van der Waals surface area contributed by atoms with Crippen LogP contribution in [-0.2, 0) is 26.8 Å². The number of hydrogen-bond acceptors (Lipinski definition) is 8. The number of fused-ring (bicyclic) bond motifs is 2. The molecule has 1 aliphatic heterocycles. The van der Waals surface area contributed by atoms with Crippen molar-refractivity contribution < 1.29 is 40.0 Å². The molecule has 2 N–H and O–H groups in total. The summed E-state index contributed by atoms with van der Waals surface area (Å²) in [5.41, 5.74) is 3.56. The molecule has 0 aliphatic carbocycles. The fourth-order valence-corrected chi connectivity index (χ4v) is 6.79. The number of methoxy groups -OCH3 is 1. The van der Waals surface area contributed by atoms with Crippen molar-refractivity contribution in [1.82, 2.24) is 0 Å². The third-order valence-electron chi connectivity index (χ3n) is 6.59. The zero-order chi connectivity index (χ0) is 29.2. The van der Waals surface area contributed by atoms with Crippen molar-refractivity contribution in [2.24, 2.45) is 0 Å². The number of hydrogen-bond donors (Lipinski definition) is 2. The number of anilines is 1. The summed E-state index contributed by atoms with van der Waals surface area (Å²) in [6.07, 6.45) is 2.18. The normalized spacial score (nSPS) is 14.4. The monoisotopic (exact) mass is 617 g/mol. The molecule has 0 bridgehead atoms. The van der Waals surface area contributed by atoms with E-state index < -0.39 is 26.0 Å². The Morgan fingerprint density at radius 2 is 1.66 bits per heavy atom. The molecular formula is C28H29N2O8S3+. The van der Waals surface area contributed by atoms with Gasteiger partial charge >= 0.3 is 0 Å². The molecule has 0 saturated carbocycles. The lowest BCUT2D eigenvalue weighted by Crippen LogP contribution is -2.36. The molecule has 41 heavy (non-hydrogen) atoms. The van der Waals surface area contributed by atoms with Gasteiger partial charge < -0.3 is 14.4 Å². The summed E-state index contributed by atoms with van der Waals surface area (Å²) in [6.45, 7) is 0.568. The first kappa shape index (κ1) is 29.0. The van der Waals surface area contributed by atoms with E-state index in [2.05, 4.69) is 0 Å². The van der Waals surface area contributed by atoms with Crippen molar-refractivity contribution in [1.29, 1.82) is 0 Å². The standard InChI is InChI=1S/C28H28N2O8S3/c1-37-22-10-12-26-24(18-22)30(14-6-16-41(34,35)36)28(39-26)19-27-29(13-5-15-40(31,32)33)23-17-21(9-11-25(23)38-27)20-7-3-2-4-8-20/h2-4,7-12,17-19H,5-6,13-16H2,1H3,(H-,31,32,33,34,35,36)/p+1. The summed E-state index contributed by atoms with van der Waals surface area (Å²) in [4.78, 5) is 1.88. The predicted octanol–water partition coefficient (Wildman–Crippen LogP) is 4.62. The van der Waals surface area contributed by atoms with Crippen LogP contribution >= 0.6 is 11.3 Å². The third kappa shape index (κ3) is 7.05. The third-order valence-corrected chi connectivity index (χ3v) is 9.31. The molecule has 0 saturated heterocycles. The summed E-state index contributed by atoms with van der Waals surface area (Å²) in [5, 5.41) is 0.759. The summed E-state index contributed by atoms with van der Waals surface area (Å²) in [7, 11) is -6.70. The van der Waals surface area contributed by atoms with Gasteiger partial charge in [0.1, 0.15) is 10.4 Å². The van der Waals surface area contributed by atoms with E-state index in [0.717, 1.165) is 32.0 Å². The fourth-order valence-electron chi connectivity index (χ4n) is 4.71. The lowest BCUT2D eigenvalue weighted by Gasteiger charge is -2.18. The zero-order valence-corrected chi connectivity index (χ0v) is 24.6. The van der Waals surface area contributed by atoms with Crippen molar-refractivity contribution >= 4 is 53.6 Å². The quantitative estimate of drug-likeness (QED) is 0.183. The molecule has 2 heterocycles. The molecule has 0 spiro atoms. The topological polar surface area (TPSA) is 134 Å². The number of ether oxygens (including phenoxy) is 2. The zero-order valence-electron chi connectivity index (χ0n) is 22.1. The second-order valence-electron chi connectivity index (χ2n) is 9.49. The Hall–Kier alpha value is -3.49. The maximum atomic E-state index is 11.4. The van der Waals surface area contributed by atoms with Crippen LogP contribution in [0.25, 0.3) is 27.4 Å². The number of thiazole rings is 1. The molecule has 3 aromatic carbocycles. The van der Waals surface area contributed by atoms with Gasteiger partial charge in [-0.1, -0.05) is 47.7 Å². The molecule has 216 valence electrons. The molecule has 5 rings (SSSR count). The Morgan fingerprint density at radius 3 is 2.37 bits per heavy atom. The predicted molar refractivity (Wildman–Crippen MR) is 158 cm³/mol. The minimum absolute atomic E-state index is 0.159. The summed E-state index contributed by atoms with van der Waals surface area (Å²) in [6, 6.07) is 21.3. The van der Waals surface area contributed by atoms with Crippen LogP contribution in [0.3, 0.4) is 0 Å². The van der Waals surface area contributed by atoms with Gasteiger partial charge in [0.25, 0.3) is 25.2 Å². The second-order valence-corrected chi connectivity index (χ2v) is 13.7. The van der Waals surface area contributed by atoms with Crippen LogP contribution in [-0.4, -0.2) is 51.1 Å². The smallest absolute Gasteiger partial charge is 0.268 e. The summed E-state index contributed by atoms with van der Waals surface area (Å²) in [5.74, 6) is 0.917. The van der Waals surface area contributed by atoms with Crippen molar-refractivity contribution in [3.8, 4) is 22.6 Å². The van der Waals surface area contributed by atoms with Crippen LogP contribution in [0.1, 0.15) is 17.8 Å². The van der Waals surface area contributed by atoms with E-state index >= 15 is 0 Å². The lowest BCUT2D eigenvalue weighted by atomic mass is 10.0. The molecule has 4 aromatic rings. The number of rotatable bonds is 11. The Morgan fingerprint density at radius 1 is 0.927 bits per heavy atom. The van der Waals surface area contributed by atoms with Crippen LogP contribution in [0.2, 0.25) is 0 Å². The second kappa shape index (κ2) is 11.8. The summed E-state index contributed by atoms with van der Waals surface area (Å²) >= 11 is 1.47. The van der Waals surface area contributed by atoms with Crippen molar-refractivity contribution in [2.45, 2.75) is 19.4 Å². The van der Waals surface area contributed by atoms with Gasteiger partial charge in [0.05, 0.1) is 36.4 Å². The highest BCUT2D eigenvalue weighted by atomic mass is 32.2. The maximum Gasteiger partial charge on any atom is 0.268 e. The highest BCUT2D eigenvalue weighted by molar-refractivity contribution is 7.86. The Labute approximate surface area is 242 Å². The van der Waals surface area contributed by atoms with E-state index in [4.69, 9.17) is 9.47 Å². The minimum atomic E-state index is -4.14. The molecular weight excluding hydrogens is 589 g/mol. The largest absolute Gasteiger partial charge is 0.497 e. The molecule has 13 heteroatoms. The number of aromatic nitrogens is 1. The molecule has 1 aliphatic rings. The van der Waals surface area contributed by atoms with E-state index in [-0.39, 0.29) is 25.1 Å². The van der Waals surface area contributed by atoms with E-state index in [1.54, 1.807) is 7.11 Å². The van der Waals surface area contributed by atoms with Crippen LogP contribution in [0.4, 0.5) is 5.69 Å². The first-order valence-corrected chi connectivity index (χ1v) is 16.8. The van der Waals surface area contributed by atoms with E-state index in [1.807, 2.05) is 82.3 Å². The number of benzene rings is 3. The van der Waals surface area contributed by atoms with Gasteiger partial charge in [-0.05, 0) is 41.8 Å². The molecule has 0 radical (unpaired) electrons. The maximum absolute atomic E-state index is 11.4. The first-order valence-electron chi connectivity index (χ1n) is 12.8. The molecule has 10 nitrogen and oxygen atoms in total. The van der Waals surface area contributed by atoms with Crippen molar-refractivity contribution in [3.63, 3.8) is 0 Å². The molecule has 1 aromatic heterocycles. The number of nitrogens with zero attached hydrogens (tertiary/aromatic N) is 2. The molecule has 0 amide bonds. The van der Waals surface area contributed by atoms with Crippen molar-refractivity contribution in [2.75, 3.05) is 30.1 Å². The first-order chi connectivity index (χ1) is 19.5. The highest BCUT2D eigenvalue weighted by Gasteiger charge is 2.30. The van der Waals surface area contributed by atoms with Crippen LogP contribution in [0.5, 0.6) is 11.5 Å². The van der Waals surface area contributed by atoms with Gasteiger partial charge in [0.15, 0.2) is 12.3 Å². The highest BCUT2D eigenvalue weighted by Crippen LogP contribution is 2.42. The molecule has 0 unspecified atom stereocenters. The van der Waals surface area contributed by atoms with Gasteiger partial charge in [-0.15, -0.1) is 0 Å². The minimum Gasteiger partial charge on any atom is -0.497 e. The van der Waals surface area contributed by atoms with Crippen LogP contribution in [0, 0.1) is 0 Å². The Bertz CT molecular complexity index is 1820. The van der Waals surface area contributed by atoms with Gasteiger partial charge in [0.2, 0.25) is 11.4 Å². The van der Waals surface area contributed by atoms with Crippen LogP contribution < -0.4 is 18.9 Å². The van der Waals surface area contributed by atoms with Gasteiger partial charge in [-0.2, -0.15) is 21.4 Å². The number of aryl methyl sites for hydroxylation is 1. The van der Waals surface area contributed by atoms with Gasteiger partial charge in [0, 0.05) is 13.0 Å². The Balaban J connectivity index is 1.56. The average molecular weight is 618 g/mol. The van der Waals surface area contributed by atoms with E-state index in [1.165, 1.54) is 11.3 Å². The average Bonchev–Trinajstić information content (AvgIpc) is 3.44. The summed E-state index contributed by atoms with van der Waals surface area (Å²) < 4.78 is 78.8.